The standard InChI is InChI=1S/C15H20ClN3O2S.ClH/c1-15(2)6-3-7-18-14(15)10-19-22(20,21)13-5-4-11(9-17)8-12(13)16;/h4-5,8,14,18-19H,3,6-7,10H2,1-2H3;1H. The van der Waals surface area contributed by atoms with E-state index < -0.39 is 10.0 Å². The first-order valence-electron chi connectivity index (χ1n) is 7.19. The Morgan fingerprint density at radius 3 is 2.74 bits per heavy atom. The molecular weight excluding hydrogens is 357 g/mol. The maximum Gasteiger partial charge on any atom is 0.242 e. The minimum absolute atomic E-state index is 0. The molecule has 1 unspecified atom stereocenters. The predicted molar refractivity (Wildman–Crippen MR) is 93.4 cm³/mol. The van der Waals surface area contributed by atoms with E-state index in [-0.39, 0.29) is 33.8 Å². The van der Waals surface area contributed by atoms with Gasteiger partial charge >= 0.3 is 0 Å². The lowest BCUT2D eigenvalue weighted by atomic mass is 9.78. The molecule has 8 heteroatoms. The fourth-order valence-electron chi connectivity index (χ4n) is 2.68. The first-order valence-corrected chi connectivity index (χ1v) is 9.05. The van der Waals surface area contributed by atoms with Crippen LogP contribution in [0.3, 0.4) is 0 Å². The average Bonchev–Trinajstić information content (AvgIpc) is 2.45. The lowest BCUT2D eigenvalue weighted by molar-refractivity contribution is 0.181. The second kappa shape index (κ2) is 7.82. The summed E-state index contributed by atoms with van der Waals surface area (Å²) in [7, 11) is -3.70. The van der Waals surface area contributed by atoms with Crippen LogP contribution in [-0.4, -0.2) is 27.5 Å². The van der Waals surface area contributed by atoms with Gasteiger partial charge in [0.15, 0.2) is 0 Å². The van der Waals surface area contributed by atoms with E-state index in [1.54, 1.807) is 0 Å². The molecule has 0 aromatic heterocycles. The molecule has 2 rings (SSSR count). The van der Waals surface area contributed by atoms with Gasteiger partial charge in [-0.2, -0.15) is 5.26 Å². The Morgan fingerprint density at radius 1 is 1.48 bits per heavy atom. The minimum Gasteiger partial charge on any atom is -0.312 e. The molecular formula is C15H21Cl2N3O2S. The Kier molecular flexibility index (Phi) is 6.87. The molecule has 0 amide bonds. The van der Waals surface area contributed by atoms with Crippen molar-refractivity contribution in [1.29, 1.82) is 5.26 Å². The van der Waals surface area contributed by atoms with Crippen LogP contribution in [0.2, 0.25) is 5.02 Å². The van der Waals surface area contributed by atoms with Crippen LogP contribution >= 0.6 is 24.0 Å². The van der Waals surface area contributed by atoms with Gasteiger partial charge in [0.1, 0.15) is 4.90 Å². The van der Waals surface area contributed by atoms with Gasteiger partial charge in [0.05, 0.1) is 16.7 Å². The smallest absolute Gasteiger partial charge is 0.242 e. The van der Waals surface area contributed by atoms with Gasteiger partial charge in [-0.1, -0.05) is 25.4 Å². The van der Waals surface area contributed by atoms with Crippen molar-refractivity contribution in [2.24, 2.45) is 5.41 Å². The molecule has 0 aliphatic carbocycles. The van der Waals surface area contributed by atoms with Crippen molar-refractivity contribution in [3.05, 3.63) is 28.8 Å². The molecule has 2 N–H and O–H groups in total. The topological polar surface area (TPSA) is 82.0 Å². The Morgan fingerprint density at radius 2 is 2.17 bits per heavy atom. The molecule has 1 aliphatic rings. The third-order valence-electron chi connectivity index (χ3n) is 4.16. The normalized spacial score (nSPS) is 20.3. The van der Waals surface area contributed by atoms with Crippen LogP contribution in [0.1, 0.15) is 32.3 Å². The number of piperidine rings is 1. The number of hydrogen-bond donors (Lipinski definition) is 2. The zero-order valence-corrected chi connectivity index (χ0v) is 15.5. The van der Waals surface area contributed by atoms with Crippen molar-refractivity contribution in [2.75, 3.05) is 13.1 Å². The maximum atomic E-state index is 12.4. The minimum atomic E-state index is -3.70. The van der Waals surface area contributed by atoms with Gasteiger partial charge in [-0.25, -0.2) is 13.1 Å². The number of nitriles is 1. The molecule has 1 fully saturated rings. The second-order valence-electron chi connectivity index (χ2n) is 6.21. The maximum absolute atomic E-state index is 12.4. The summed E-state index contributed by atoms with van der Waals surface area (Å²) in [6.07, 6.45) is 2.15. The quantitative estimate of drug-likeness (QED) is 0.844. The lowest BCUT2D eigenvalue weighted by Crippen LogP contribution is -2.52. The fourth-order valence-corrected chi connectivity index (χ4v) is 4.27. The lowest BCUT2D eigenvalue weighted by Gasteiger charge is -2.39. The first kappa shape index (κ1) is 20.2. The Labute approximate surface area is 148 Å². The van der Waals surface area contributed by atoms with E-state index in [2.05, 4.69) is 23.9 Å². The highest BCUT2D eigenvalue weighted by Crippen LogP contribution is 2.30. The van der Waals surface area contributed by atoms with Crippen LogP contribution < -0.4 is 10.0 Å². The molecule has 23 heavy (non-hydrogen) atoms. The van der Waals surface area contributed by atoms with Crippen molar-refractivity contribution in [3.63, 3.8) is 0 Å². The highest BCUT2D eigenvalue weighted by atomic mass is 35.5. The number of hydrogen-bond acceptors (Lipinski definition) is 4. The van der Waals surface area contributed by atoms with Crippen molar-refractivity contribution in [1.82, 2.24) is 10.0 Å². The van der Waals surface area contributed by atoms with Crippen molar-refractivity contribution >= 4 is 34.0 Å². The summed E-state index contributed by atoms with van der Waals surface area (Å²) in [5.74, 6) is 0. The zero-order chi connectivity index (χ0) is 16.4. The van der Waals surface area contributed by atoms with Crippen LogP contribution in [-0.2, 0) is 10.0 Å². The monoisotopic (exact) mass is 377 g/mol. The predicted octanol–water partition coefficient (Wildman–Crippen LogP) is 2.69. The van der Waals surface area contributed by atoms with Crippen molar-refractivity contribution in [2.45, 2.75) is 37.6 Å². The summed E-state index contributed by atoms with van der Waals surface area (Å²) in [5.41, 5.74) is 0.369. The van der Waals surface area contributed by atoms with Crippen LogP contribution in [0.15, 0.2) is 23.1 Å². The second-order valence-corrected chi connectivity index (χ2v) is 8.35. The number of halogens is 2. The molecule has 0 saturated carbocycles. The van der Waals surface area contributed by atoms with E-state index in [9.17, 15) is 8.42 Å². The van der Waals surface area contributed by atoms with Gasteiger partial charge in [-0.15, -0.1) is 12.4 Å². The molecule has 0 spiro atoms. The number of sulfonamides is 1. The number of benzene rings is 1. The SMILES string of the molecule is CC1(C)CCCNC1CNS(=O)(=O)c1ccc(C#N)cc1Cl.Cl. The molecule has 128 valence electrons. The van der Waals surface area contributed by atoms with E-state index in [4.69, 9.17) is 16.9 Å². The fraction of sp³-hybridized carbons (Fsp3) is 0.533. The third kappa shape index (κ3) is 4.82. The number of nitrogens with one attached hydrogen (secondary N) is 2. The summed E-state index contributed by atoms with van der Waals surface area (Å²) in [5, 5.41) is 12.2. The molecule has 1 atom stereocenters. The van der Waals surface area contributed by atoms with Gasteiger partial charge in [-0.3, -0.25) is 0 Å². The molecule has 0 bridgehead atoms. The van der Waals surface area contributed by atoms with Crippen molar-refractivity contribution < 1.29 is 8.42 Å². The number of rotatable bonds is 4. The van der Waals surface area contributed by atoms with Crippen LogP contribution in [0.4, 0.5) is 0 Å². The first-order chi connectivity index (χ1) is 10.3. The average molecular weight is 378 g/mol. The molecule has 1 aliphatic heterocycles. The van der Waals surface area contributed by atoms with Gasteiger partial charge in [0.2, 0.25) is 10.0 Å². The van der Waals surface area contributed by atoms with E-state index in [0.29, 0.717) is 12.1 Å². The van der Waals surface area contributed by atoms with E-state index in [1.807, 2.05) is 6.07 Å². The summed E-state index contributed by atoms with van der Waals surface area (Å²) >= 11 is 5.98. The van der Waals surface area contributed by atoms with E-state index in [1.165, 1.54) is 18.2 Å². The summed E-state index contributed by atoms with van der Waals surface area (Å²) in [6, 6.07) is 6.18. The zero-order valence-electron chi connectivity index (χ0n) is 13.1. The molecule has 1 aromatic carbocycles. The molecule has 1 aromatic rings. The van der Waals surface area contributed by atoms with E-state index in [0.717, 1.165) is 19.4 Å². The molecule has 1 saturated heterocycles. The largest absolute Gasteiger partial charge is 0.312 e. The van der Waals surface area contributed by atoms with Crippen molar-refractivity contribution in [3.8, 4) is 6.07 Å². The Hall–Kier alpha value is -0.840. The summed E-state index contributed by atoms with van der Waals surface area (Å²) in [6.45, 7) is 5.47. The van der Waals surface area contributed by atoms with Crippen LogP contribution in [0.25, 0.3) is 0 Å². The van der Waals surface area contributed by atoms with Gasteiger partial charge in [0, 0.05) is 12.6 Å². The molecule has 5 nitrogen and oxygen atoms in total. The van der Waals surface area contributed by atoms with E-state index >= 15 is 0 Å². The summed E-state index contributed by atoms with van der Waals surface area (Å²) in [4.78, 5) is 0.00165. The summed E-state index contributed by atoms with van der Waals surface area (Å²) < 4.78 is 27.4. The number of nitrogens with zero attached hydrogens (tertiary/aromatic N) is 1. The highest BCUT2D eigenvalue weighted by Gasteiger charge is 2.33. The Bertz CT molecular complexity index is 699. The highest BCUT2D eigenvalue weighted by molar-refractivity contribution is 7.89. The van der Waals surface area contributed by atoms with Crippen LogP contribution in [0, 0.1) is 16.7 Å². The third-order valence-corrected chi connectivity index (χ3v) is 6.07. The van der Waals surface area contributed by atoms with Crippen LogP contribution in [0.5, 0.6) is 0 Å². The van der Waals surface area contributed by atoms with Gasteiger partial charge in [-0.05, 0) is 43.0 Å². The molecule has 1 heterocycles. The van der Waals surface area contributed by atoms with Gasteiger partial charge in [0.25, 0.3) is 0 Å². The Balaban J connectivity index is 0.00000264. The van der Waals surface area contributed by atoms with Gasteiger partial charge < -0.3 is 5.32 Å². The molecule has 0 radical (unpaired) electrons.